The van der Waals surface area contributed by atoms with Crippen molar-refractivity contribution in [1.82, 2.24) is 14.6 Å². The van der Waals surface area contributed by atoms with Crippen LogP contribution in [0.25, 0.3) is 16.2 Å². The SMILES string of the molecule is COc1cccc(-c2csc3nc(NC(=O)COc4cc(Cl)ccc4Cl)nn23)c1. The van der Waals surface area contributed by atoms with Crippen molar-refractivity contribution >= 4 is 51.4 Å². The molecule has 4 aromatic rings. The number of rotatable bonds is 6. The number of carbonyl (C=O) groups is 1. The fourth-order valence-electron chi connectivity index (χ4n) is 2.61. The Morgan fingerprint density at radius 3 is 2.93 bits per heavy atom. The van der Waals surface area contributed by atoms with Gasteiger partial charge in [-0.05, 0) is 24.3 Å². The molecule has 0 atom stereocenters. The maximum atomic E-state index is 12.2. The Kier molecular flexibility index (Phi) is 5.57. The normalized spacial score (nSPS) is 10.9. The lowest BCUT2D eigenvalue weighted by Gasteiger charge is -2.07. The summed E-state index contributed by atoms with van der Waals surface area (Å²) >= 11 is 13.4. The number of nitrogens with zero attached hydrogens (tertiary/aromatic N) is 3. The van der Waals surface area contributed by atoms with Crippen LogP contribution >= 0.6 is 34.5 Å². The average Bonchev–Trinajstić information content (AvgIpc) is 3.28. The molecule has 0 aliphatic heterocycles. The predicted molar refractivity (Wildman–Crippen MR) is 113 cm³/mol. The summed E-state index contributed by atoms with van der Waals surface area (Å²) in [5, 5.41) is 9.77. The average molecular weight is 449 g/mol. The van der Waals surface area contributed by atoms with Gasteiger partial charge < -0.3 is 9.47 Å². The largest absolute Gasteiger partial charge is 0.497 e. The molecule has 2 heterocycles. The standard InChI is InChI=1S/C19H14Cl2N4O3S/c1-27-13-4-2-3-11(7-13)15-10-29-19-23-18(24-25(15)19)22-17(26)9-28-16-8-12(20)5-6-14(16)21/h2-8,10H,9H2,1H3,(H,22,24,26). The highest BCUT2D eigenvalue weighted by atomic mass is 35.5. The third-order valence-electron chi connectivity index (χ3n) is 3.95. The molecule has 7 nitrogen and oxygen atoms in total. The van der Waals surface area contributed by atoms with Crippen molar-refractivity contribution in [2.24, 2.45) is 0 Å². The van der Waals surface area contributed by atoms with Crippen LogP contribution in [0.1, 0.15) is 0 Å². The van der Waals surface area contributed by atoms with Gasteiger partial charge in [0.1, 0.15) is 11.5 Å². The van der Waals surface area contributed by atoms with Gasteiger partial charge in [0.2, 0.25) is 4.96 Å². The zero-order valence-corrected chi connectivity index (χ0v) is 17.4. The minimum atomic E-state index is -0.415. The van der Waals surface area contributed by atoms with E-state index in [4.69, 9.17) is 32.7 Å². The quantitative estimate of drug-likeness (QED) is 0.458. The van der Waals surface area contributed by atoms with Crippen molar-refractivity contribution in [2.75, 3.05) is 19.0 Å². The molecule has 2 aromatic heterocycles. The number of thiazole rings is 1. The van der Waals surface area contributed by atoms with Crippen LogP contribution in [0.5, 0.6) is 11.5 Å². The van der Waals surface area contributed by atoms with Gasteiger partial charge in [-0.2, -0.15) is 4.98 Å². The van der Waals surface area contributed by atoms with E-state index in [1.165, 1.54) is 11.3 Å². The Bertz CT molecular complexity index is 1190. The first-order chi connectivity index (χ1) is 14.0. The van der Waals surface area contributed by atoms with E-state index in [1.54, 1.807) is 29.8 Å². The zero-order chi connectivity index (χ0) is 20.4. The summed E-state index contributed by atoms with van der Waals surface area (Å²) in [4.78, 5) is 17.2. The fraction of sp³-hybridized carbons (Fsp3) is 0.105. The third-order valence-corrected chi connectivity index (χ3v) is 5.31. The van der Waals surface area contributed by atoms with Gasteiger partial charge in [-0.25, -0.2) is 4.52 Å². The maximum absolute atomic E-state index is 12.2. The lowest BCUT2D eigenvalue weighted by Crippen LogP contribution is -2.21. The lowest BCUT2D eigenvalue weighted by molar-refractivity contribution is -0.118. The molecular weight excluding hydrogens is 435 g/mol. The van der Waals surface area contributed by atoms with Crippen LogP contribution in [0.4, 0.5) is 5.95 Å². The summed E-state index contributed by atoms with van der Waals surface area (Å²) in [5.41, 5.74) is 1.77. The Hall–Kier alpha value is -2.81. The lowest BCUT2D eigenvalue weighted by atomic mass is 10.2. The number of fused-ring (bicyclic) bond motifs is 1. The Labute approximate surface area is 179 Å². The van der Waals surface area contributed by atoms with Gasteiger partial charge >= 0.3 is 0 Å². The summed E-state index contributed by atoms with van der Waals surface area (Å²) in [6, 6.07) is 12.4. The Balaban J connectivity index is 1.48. The van der Waals surface area contributed by atoms with Crippen molar-refractivity contribution in [2.45, 2.75) is 0 Å². The molecule has 0 radical (unpaired) electrons. The molecule has 1 N–H and O–H groups in total. The molecule has 0 unspecified atom stereocenters. The van der Waals surface area contributed by atoms with Gasteiger partial charge in [-0.1, -0.05) is 35.3 Å². The van der Waals surface area contributed by atoms with Crippen molar-refractivity contribution in [3.63, 3.8) is 0 Å². The van der Waals surface area contributed by atoms with Gasteiger partial charge in [-0.15, -0.1) is 16.4 Å². The van der Waals surface area contributed by atoms with Gasteiger partial charge in [0.15, 0.2) is 6.61 Å². The second kappa shape index (κ2) is 8.28. The van der Waals surface area contributed by atoms with E-state index in [2.05, 4.69) is 15.4 Å². The molecule has 29 heavy (non-hydrogen) atoms. The molecule has 10 heteroatoms. The molecular formula is C19H14Cl2N4O3S. The molecule has 4 rings (SSSR count). The summed E-state index contributed by atoms with van der Waals surface area (Å²) < 4.78 is 12.4. The van der Waals surface area contributed by atoms with Gasteiger partial charge in [-0.3, -0.25) is 10.1 Å². The molecule has 1 amide bonds. The number of benzene rings is 2. The number of anilines is 1. The van der Waals surface area contributed by atoms with Crippen LogP contribution in [-0.2, 0) is 4.79 Å². The molecule has 148 valence electrons. The summed E-state index contributed by atoms with van der Waals surface area (Å²) in [6.07, 6.45) is 0. The van der Waals surface area contributed by atoms with Crippen LogP contribution in [0.15, 0.2) is 47.8 Å². The monoisotopic (exact) mass is 448 g/mol. The topological polar surface area (TPSA) is 77.8 Å². The predicted octanol–water partition coefficient (Wildman–Crippen LogP) is 4.79. The zero-order valence-electron chi connectivity index (χ0n) is 15.1. The van der Waals surface area contributed by atoms with Crippen LogP contribution in [-0.4, -0.2) is 34.2 Å². The van der Waals surface area contributed by atoms with Crippen molar-refractivity contribution in [3.8, 4) is 22.8 Å². The minimum absolute atomic E-state index is 0.187. The van der Waals surface area contributed by atoms with Crippen molar-refractivity contribution < 1.29 is 14.3 Å². The molecule has 0 saturated carbocycles. The molecule has 0 fully saturated rings. The fourth-order valence-corrected chi connectivity index (χ4v) is 3.77. The first-order valence-corrected chi connectivity index (χ1v) is 10.0. The maximum Gasteiger partial charge on any atom is 0.264 e. The number of amides is 1. The van der Waals surface area contributed by atoms with Crippen molar-refractivity contribution in [1.29, 1.82) is 0 Å². The molecule has 2 aromatic carbocycles. The van der Waals surface area contributed by atoms with E-state index in [9.17, 15) is 4.79 Å². The minimum Gasteiger partial charge on any atom is -0.497 e. The summed E-state index contributed by atoms with van der Waals surface area (Å²) in [7, 11) is 1.62. The second-order valence-corrected chi connectivity index (χ2v) is 7.57. The van der Waals surface area contributed by atoms with Crippen LogP contribution in [0, 0.1) is 0 Å². The van der Waals surface area contributed by atoms with E-state index in [0.717, 1.165) is 17.0 Å². The second-order valence-electron chi connectivity index (χ2n) is 5.89. The Morgan fingerprint density at radius 2 is 2.10 bits per heavy atom. The van der Waals surface area contributed by atoms with Crippen LogP contribution in [0.3, 0.4) is 0 Å². The van der Waals surface area contributed by atoms with E-state index in [0.29, 0.717) is 20.8 Å². The number of aromatic nitrogens is 3. The number of hydrogen-bond donors (Lipinski definition) is 1. The first-order valence-electron chi connectivity index (χ1n) is 8.40. The van der Waals surface area contributed by atoms with E-state index in [-0.39, 0.29) is 12.6 Å². The summed E-state index contributed by atoms with van der Waals surface area (Å²) in [6.45, 7) is -0.254. The molecule has 0 spiro atoms. The van der Waals surface area contributed by atoms with Crippen LogP contribution < -0.4 is 14.8 Å². The number of carbonyl (C=O) groups excluding carboxylic acids is 1. The molecule has 0 bridgehead atoms. The number of ether oxygens (including phenoxy) is 2. The van der Waals surface area contributed by atoms with Gasteiger partial charge in [0, 0.05) is 22.0 Å². The number of halogens is 2. The third kappa shape index (κ3) is 4.29. The van der Waals surface area contributed by atoms with Gasteiger partial charge in [0.05, 0.1) is 17.8 Å². The first kappa shape index (κ1) is 19.5. The van der Waals surface area contributed by atoms with E-state index in [1.807, 2.05) is 29.6 Å². The highest BCUT2D eigenvalue weighted by Crippen LogP contribution is 2.29. The molecule has 0 aliphatic rings. The number of hydrogen-bond acceptors (Lipinski definition) is 6. The van der Waals surface area contributed by atoms with E-state index >= 15 is 0 Å². The highest BCUT2D eigenvalue weighted by molar-refractivity contribution is 7.15. The van der Waals surface area contributed by atoms with Crippen molar-refractivity contribution in [3.05, 3.63) is 57.9 Å². The summed E-state index contributed by atoms with van der Waals surface area (Å²) in [5.74, 6) is 0.842. The number of nitrogens with one attached hydrogen (secondary N) is 1. The van der Waals surface area contributed by atoms with Crippen LogP contribution in [0.2, 0.25) is 10.0 Å². The Morgan fingerprint density at radius 1 is 1.24 bits per heavy atom. The van der Waals surface area contributed by atoms with E-state index < -0.39 is 5.91 Å². The highest BCUT2D eigenvalue weighted by Gasteiger charge is 2.14. The van der Waals surface area contributed by atoms with Gasteiger partial charge in [0.25, 0.3) is 11.9 Å². The number of methoxy groups -OCH3 is 1. The molecule has 0 saturated heterocycles. The smallest absolute Gasteiger partial charge is 0.264 e. The molecule has 0 aliphatic carbocycles.